The highest BCUT2D eigenvalue weighted by Crippen LogP contribution is 2.44. The second kappa shape index (κ2) is 11.2. The van der Waals surface area contributed by atoms with Gasteiger partial charge in [-0.25, -0.2) is 4.98 Å². The van der Waals surface area contributed by atoms with Gasteiger partial charge in [0.2, 0.25) is 5.91 Å². The largest absolute Gasteiger partial charge is 0.501 e. The van der Waals surface area contributed by atoms with E-state index in [9.17, 15) is 4.79 Å². The third-order valence-corrected chi connectivity index (χ3v) is 5.23. The number of pyridine rings is 1. The molecule has 1 aromatic heterocycles. The molecule has 7 nitrogen and oxygen atoms in total. The summed E-state index contributed by atoms with van der Waals surface area (Å²) in [7, 11) is 3.67. The summed E-state index contributed by atoms with van der Waals surface area (Å²) in [6, 6.07) is 5.65. The fraction of sp³-hybridized carbons (Fsp3) is 0.435. The van der Waals surface area contributed by atoms with Gasteiger partial charge in [-0.2, -0.15) is 5.26 Å². The van der Waals surface area contributed by atoms with E-state index in [0.29, 0.717) is 12.1 Å². The second-order valence-electron chi connectivity index (χ2n) is 7.25. The lowest BCUT2D eigenvalue weighted by atomic mass is 9.97. The van der Waals surface area contributed by atoms with Gasteiger partial charge in [-0.05, 0) is 56.2 Å². The van der Waals surface area contributed by atoms with E-state index in [1.165, 1.54) is 11.8 Å². The average molecular weight is 410 g/mol. The maximum absolute atomic E-state index is 11.4. The molecule has 0 atom stereocenters. The molecule has 0 spiro atoms. The zero-order valence-corrected chi connectivity index (χ0v) is 18.1. The van der Waals surface area contributed by atoms with E-state index in [1.54, 1.807) is 19.4 Å². The number of rotatable bonds is 8. The van der Waals surface area contributed by atoms with Crippen molar-refractivity contribution in [2.75, 3.05) is 32.1 Å². The van der Waals surface area contributed by atoms with E-state index in [0.717, 1.165) is 43.8 Å². The third-order valence-electron chi connectivity index (χ3n) is 5.23. The number of methoxy groups -OCH3 is 1. The molecular formula is C23H31N5O2. The first-order valence-corrected chi connectivity index (χ1v) is 10.2. The molecule has 2 aliphatic carbocycles. The second-order valence-corrected chi connectivity index (χ2v) is 7.25. The van der Waals surface area contributed by atoms with Crippen molar-refractivity contribution >= 4 is 11.7 Å². The van der Waals surface area contributed by atoms with E-state index in [1.807, 2.05) is 24.1 Å². The highest BCUT2D eigenvalue weighted by Gasteiger charge is 2.45. The lowest BCUT2D eigenvalue weighted by Gasteiger charge is -2.22. The van der Waals surface area contributed by atoms with Gasteiger partial charge in [0.1, 0.15) is 11.9 Å². The first-order chi connectivity index (χ1) is 14.5. The van der Waals surface area contributed by atoms with E-state index in [4.69, 9.17) is 10.00 Å². The Morgan fingerprint density at radius 2 is 2.23 bits per heavy atom. The lowest BCUT2D eigenvalue weighted by molar-refractivity contribution is -0.119. The lowest BCUT2D eigenvalue weighted by Crippen LogP contribution is -2.40. The number of nitrogens with one attached hydrogen (secondary N) is 2. The Bertz CT molecular complexity index is 832. The van der Waals surface area contributed by atoms with E-state index < -0.39 is 0 Å². The Balaban J connectivity index is 0.000000232. The van der Waals surface area contributed by atoms with Gasteiger partial charge in [-0.3, -0.25) is 10.1 Å². The molecule has 30 heavy (non-hydrogen) atoms. The molecule has 7 heteroatoms. The Morgan fingerprint density at radius 3 is 2.77 bits per heavy atom. The highest BCUT2D eigenvalue weighted by atomic mass is 16.5. The molecule has 1 fully saturated rings. The van der Waals surface area contributed by atoms with E-state index in [2.05, 4.69) is 41.3 Å². The molecule has 1 amide bonds. The molecule has 0 saturated heterocycles. The van der Waals surface area contributed by atoms with Crippen molar-refractivity contribution in [3.63, 3.8) is 0 Å². The summed E-state index contributed by atoms with van der Waals surface area (Å²) in [5.41, 5.74) is 1.85. The molecule has 0 radical (unpaired) electrons. The maximum Gasteiger partial charge on any atom is 0.237 e. The predicted octanol–water partition coefficient (Wildman–Crippen LogP) is 3.03. The van der Waals surface area contributed by atoms with Gasteiger partial charge in [0, 0.05) is 31.7 Å². The molecule has 2 aliphatic rings. The first-order valence-electron chi connectivity index (χ1n) is 10.2. The molecule has 1 aromatic rings. The van der Waals surface area contributed by atoms with Crippen molar-refractivity contribution in [2.45, 2.75) is 38.1 Å². The van der Waals surface area contributed by atoms with Crippen molar-refractivity contribution in [3.05, 3.63) is 60.2 Å². The number of hydrogen-bond donors (Lipinski definition) is 2. The summed E-state index contributed by atoms with van der Waals surface area (Å²) in [4.78, 5) is 17.6. The number of nitriles is 1. The smallest absolute Gasteiger partial charge is 0.237 e. The number of anilines is 1. The summed E-state index contributed by atoms with van der Waals surface area (Å²) < 4.78 is 5.31. The van der Waals surface area contributed by atoms with Crippen molar-refractivity contribution in [1.29, 1.82) is 5.26 Å². The van der Waals surface area contributed by atoms with Crippen LogP contribution < -0.4 is 15.5 Å². The number of hydrogen-bond acceptors (Lipinski definition) is 6. The van der Waals surface area contributed by atoms with Crippen molar-refractivity contribution in [2.24, 2.45) is 0 Å². The molecule has 0 aromatic carbocycles. The number of carbonyl (C=O) groups excluding carboxylic acids is 1. The van der Waals surface area contributed by atoms with Crippen LogP contribution in [0.15, 0.2) is 54.6 Å². The fourth-order valence-electron chi connectivity index (χ4n) is 3.12. The SMILES string of the molecule is C=CNC(=O)CNC1(C2=CCCC(OC)=C2)CC1.CCN(C)c1ccc(C#N)cn1. The quantitative estimate of drug-likeness (QED) is 0.686. The zero-order valence-electron chi connectivity index (χ0n) is 18.1. The van der Waals surface area contributed by atoms with Crippen LogP contribution in [0.4, 0.5) is 5.82 Å². The summed E-state index contributed by atoms with van der Waals surface area (Å²) in [5, 5.41) is 14.4. The molecule has 0 bridgehead atoms. The zero-order chi connectivity index (χ0) is 22.0. The van der Waals surface area contributed by atoms with Crippen LogP contribution in [-0.4, -0.2) is 43.7 Å². The minimum absolute atomic E-state index is 0.0112. The number of aromatic nitrogens is 1. The van der Waals surface area contributed by atoms with Crippen LogP contribution >= 0.6 is 0 Å². The molecule has 1 saturated carbocycles. The highest BCUT2D eigenvalue weighted by molar-refractivity contribution is 5.79. The van der Waals surface area contributed by atoms with Crippen LogP contribution in [0.1, 0.15) is 38.2 Å². The average Bonchev–Trinajstić information content (AvgIpc) is 3.59. The Hall–Kier alpha value is -3.11. The van der Waals surface area contributed by atoms with Gasteiger partial charge in [-0.15, -0.1) is 0 Å². The normalized spacial score (nSPS) is 15.9. The van der Waals surface area contributed by atoms with Crippen LogP contribution in [0.2, 0.25) is 0 Å². The topological polar surface area (TPSA) is 90.3 Å². The summed E-state index contributed by atoms with van der Waals surface area (Å²) >= 11 is 0. The van der Waals surface area contributed by atoms with Gasteiger partial charge in [0.05, 0.1) is 25.0 Å². The monoisotopic (exact) mass is 409 g/mol. The number of carbonyl (C=O) groups is 1. The van der Waals surface area contributed by atoms with Gasteiger partial charge in [-0.1, -0.05) is 12.7 Å². The number of amides is 1. The Morgan fingerprint density at radius 1 is 1.47 bits per heavy atom. The molecule has 0 aliphatic heterocycles. The Labute approximate surface area is 179 Å². The van der Waals surface area contributed by atoms with Gasteiger partial charge >= 0.3 is 0 Å². The molecule has 0 unspecified atom stereocenters. The number of allylic oxidation sites excluding steroid dienone is 2. The van der Waals surface area contributed by atoms with Crippen molar-refractivity contribution in [3.8, 4) is 6.07 Å². The number of ether oxygens (including phenoxy) is 1. The molecule has 160 valence electrons. The van der Waals surface area contributed by atoms with Crippen LogP contribution in [0.3, 0.4) is 0 Å². The predicted molar refractivity (Wildman–Crippen MR) is 119 cm³/mol. The van der Waals surface area contributed by atoms with Crippen LogP contribution in [0, 0.1) is 11.3 Å². The fourth-order valence-corrected chi connectivity index (χ4v) is 3.12. The van der Waals surface area contributed by atoms with Crippen LogP contribution in [-0.2, 0) is 9.53 Å². The standard InChI is InChI=1S/C14H20N2O2.C9H11N3/c1-3-15-13(17)10-16-14(7-8-14)11-5-4-6-12(9-11)18-2;1-3-12(2)9-5-4-8(6-10)7-11-9/h3,5,9,16H,1,4,6-8,10H2,2H3,(H,15,17);4-5,7H,3H2,1-2H3. The van der Waals surface area contributed by atoms with Crippen molar-refractivity contribution in [1.82, 2.24) is 15.6 Å². The summed E-state index contributed by atoms with van der Waals surface area (Å²) in [6.45, 7) is 6.76. The molecule has 2 N–H and O–H groups in total. The molecular weight excluding hydrogens is 378 g/mol. The van der Waals surface area contributed by atoms with Gasteiger partial charge in [0.25, 0.3) is 0 Å². The van der Waals surface area contributed by atoms with Crippen molar-refractivity contribution < 1.29 is 9.53 Å². The van der Waals surface area contributed by atoms with Gasteiger partial charge in [0.15, 0.2) is 0 Å². The van der Waals surface area contributed by atoms with Crippen LogP contribution in [0.25, 0.3) is 0 Å². The summed E-state index contributed by atoms with van der Waals surface area (Å²) in [6.07, 6.45) is 11.5. The van der Waals surface area contributed by atoms with E-state index >= 15 is 0 Å². The van der Waals surface area contributed by atoms with Crippen LogP contribution in [0.5, 0.6) is 0 Å². The maximum atomic E-state index is 11.4. The van der Waals surface area contributed by atoms with E-state index in [-0.39, 0.29) is 11.4 Å². The van der Waals surface area contributed by atoms with Gasteiger partial charge < -0.3 is 15.0 Å². The third kappa shape index (κ3) is 6.46. The Kier molecular flexibility index (Phi) is 8.63. The summed E-state index contributed by atoms with van der Waals surface area (Å²) in [5.74, 6) is 1.87. The minimum Gasteiger partial charge on any atom is -0.501 e. The first kappa shape index (κ1) is 23.2. The molecule has 1 heterocycles. The minimum atomic E-state index is -0.0522. The number of nitrogens with zero attached hydrogens (tertiary/aromatic N) is 3. The molecule has 3 rings (SSSR count).